The summed E-state index contributed by atoms with van der Waals surface area (Å²) in [7, 11) is 1.89. The Morgan fingerprint density at radius 1 is 0.952 bits per heavy atom. The Morgan fingerprint density at radius 2 is 1.43 bits per heavy atom. The van der Waals surface area contributed by atoms with E-state index in [1.165, 1.54) is 20.8 Å². The third-order valence-corrected chi connectivity index (χ3v) is 2.92. The maximum absolute atomic E-state index is 11.7. The zero-order chi connectivity index (χ0) is 16.8. The first kappa shape index (κ1) is 22.2. The molecule has 0 heterocycles. The van der Waals surface area contributed by atoms with Gasteiger partial charge in [0.25, 0.3) is 0 Å². The highest BCUT2D eigenvalue weighted by molar-refractivity contribution is 5.85. The highest BCUT2D eigenvalue weighted by Crippen LogP contribution is 2.10. The molecule has 0 aromatic carbocycles. The highest BCUT2D eigenvalue weighted by Gasteiger charge is 2.24. The molecule has 0 radical (unpaired) electrons. The molecule has 0 bridgehead atoms. The van der Waals surface area contributed by atoms with Gasteiger partial charge in [0.1, 0.15) is 17.3 Å². The molecule has 0 aromatic rings. The van der Waals surface area contributed by atoms with Gasteiger partial charge in [-0.25, -0.2) is 0 Å². The first-order valence-corrected chi connectivity index (χ1v) is 7.76. The Balaban J connectivity index is 0. The van der Waals surface area contributed by atoms with Crippen LogP contribution in [-0.4, -0.2) is 55.0 Å². The molecule has 1 N–H and O–H groups in total. The average molecular weight is 300 g/mol. The van der Waals surface area contributed by atoms with Crippen molar-refractivity contribution in [3.05, 3.63) is 0 Å². The van der Waals surface area contributed by atoms with E-state index in [1.807, 2.05) is 20.9 Å². The number of Topliss-reactive ketones (excluding diaryl/α,β-unsaturated/α-hetero) is 3. The number of rotatable bonds is 11. The van der Waals surface area contributed by atoms with Gasteiger partial charge in [0, 0.05) is 0 Å². The Bertz CT molecular complexity index is 301. The first-order chi connectivity index (χ1) is 9.88. The number of carbonyl (C=O) groups is 3. The van der Waals surface area contributed by atoms with Gasteiger partial charge in [-0.15, -0.1) is 0 Å². The Hall–Kier alpha value is -1.07. The fourth-order valence-electron chi connectivity index (χ4n) is 2.13. The summed E-state index contributed by atoms with van der Waals surface area (Å²) in [6, 6.07) is -0.329. The van der Waals surface area contributed by atoms with Crippen LogP contribution in [-0.2, 0) is 14.4 Å². The van der Waals surface area contributed by atoms with E-state index < -0.39 is 0 Å². The zero-order valence-corrected chi connectivity index (χ0v) is 14.5. The molecule has 21 heavy (non-hydrogen) atoms. The second-order valence-corrected chi connectivity index (χ2v) is 5.03. The number of carbonyl (C=O) groups excluding carboxylic acids is 3. The van der Waals surface area contributed by atoms with Gasteiger partial charge in [-0.1, -0.05) is 20.3 Å². The number of unbranched alkanes of at least 4 members (excludes halogenated alkanes) is 1. The maximum atomic E-state index is 11.7. The van der Waals surface area contributed by atoms with Gasteiger partial charge in [0.05, 0.1) is 19.1 Å². The summed E-state index contributed by atoms with van der Waals surface area (Å²) in [5.41, 5.74) is 0. The van der Waals surface area contributed by atoms with Gasteiger partial charge in [-0.3, -0.25) is 19.3 Å². The van der Waals surface area contributed by atoms with Crippen LogP contribution in [0.4, 0.5) is 0 Å². The quantitative estimate of drug-likeness (QED) is 0.590. The maximum Gasteiger partial charge on any atom is 0.146 e. The lowest BCUT2D eigenvalue weighted by Gasteiger charge is -2.28. The van der Waals surface area contributed by atoms with Crippen LogP contribution in [0.1, 0.15) is 53.9 Å². The summed E-state index contributed by atoms with van der Waals surface area (Å²) in [4.78, 5) is 36.0. The average Bonchev–Trinajstić information content (AvgIpc) is 2.38. The van der Waals surface area contributed by atoms with Gasteiger partial charge in [0.2, 0.25) is 0 Å². The summed E-state index contributed by atoms with van der Waals surface area (Å²) in [5.74, 6) is -0.0302. The van der Waals surface area contributed by atoms with Gasteiger partial charge in [-0.2, -0.15) is 0 Å². The third kappa shape index (κ3) is 12.4. The number of hydrogen-bond acceptors (Lipinski definition) is 5. The minimum Gasteiger partial charge on any atom is -0.320 e. The predicted molar refractivity (Wildman–Crippen MR) is 86.5 cm³/mol. The molecular weight excluding hydrogens is 268 g/mol. The normalized spacial score (nSPS) is 11.6. The van der Waals surface area contributed by atoms with Crippen molar-refractivity contribution >= 4 is 17.3 Å². The lowest BCUT2D eigenvalue weighted by molar-refractivity contribution is -0.127. The number of hydrogen-bond donors (Lipinski definition) is 1. The van der Waals surface area contributed by atoms with E-state index in [1.54, 1.807) is 4.90 Å². The first-order valence-electron chi connectivity index (χ1n) is 7.76. The van der Waals surface area contributed by atoms with Crippen molar-refractivity contribution in [3.63, 3.8) is 0 Å². The molecule has 0 saturated heterocycles. The molecule has 1 atom stereocenters. The topological polar surface area (TPSA) is 66.5 Å². The molecule has 5 nitrogen and oxygen atoms in total. The zero-order valence-electron chi connectivity index (χ0n) is 14.5. The minimum atomic E-state index is -0.329. The summed E-state index contributed by atoms with van der Waals surface area (Å²) >= 11 is 0. The van der Waals surface area contributed by atoms with Crippen molar-refractivity contribution in [2.24, 2.45) is 0 Å². The van der Waals surface area contributed by atoms with Crippen LogP contribution in [0.15, 0.2) is 0 Å². The summed E-state index contributed by atoms with van der Waals surface area (Å²) in [6.07, 6.45) is 2.57. The van der Waals surface area contributed by atoms with E-state index in [4.69, 9.17) is 0 Å². The molecule has 0 rings (SSSR count). The van der Waals surface area contributed by atoms with E-state index >= 15 is 0 Å². The second kappa shape index (κ2) is 13.9. The lowest BCUT2D eigenvalue weighted by Crippen LogP contribution is -2.45. The number of nitrogens with zero attached hydrogens (tertiary/aromatic N) is 1. The van der Waals surface area contributed by atoms with Crippen LogP contribution in [0, 0.1) is 0 Å². The number of ketones is 3. The Kier molecular flexibility index (Phi) is 14.7. The van der Waals surface area contributed by atoms with E-state index in [-0.39, 0.29) is 36.5 Å². The van der Waals surface area contributed by atoms with Crippen molar-refractivity contribution in [3.8, 4) is 0 Å². The molecule has 0 spiro atoms. The van der Waals surface area contributed by atoms with Crippen LogP contribution in [0.5, 0.6) is 0 Å². The highest BCUT2D eigenvalue weighted by atomic mass is 16.1. The van der Waals surface area contributed by atoms with Gasteiger partial charge in [-0.05, 0) is 47.2 Å². The molecule has 0 aliphatic heterocycles. The number of nitrogens with one attached hydrogen (secondary N) is 1. The summed E-state index contributed by atoms with van der Waals surface area (Å²) in [5, 5.41) is 3.06. The summed E-state index contributed by atoms with van der Waals surface area (Å²) in [6.45, 7) is 9.71. The molecular formula is C16H32N2O3. The fourth-order valence-corrected chi connectivity index (χ4v) is 2.13. The largest absolute Gasteiger partial charge is 0.320 e. The van der Waals surface area contributed by atoms with Crippen LogP contribution < -0.4 is 5.32 Å². The van der Waals surface area contributed by atoms with E-state index in [0.717, 1.165) is 19.4 Å². The van der Waals surface area contributed by atoms with Crippen LogP contribution in [0.3, 0.4) is 0 Å². The molecule has 1 unspecified atom stereocenters. The van der Waals surface area contributed by atoms with Crippen LogP contribution in [0.25, 0.3) is 0 Å². The van der Waals surface area contributed by atoms with Crippen molar-refractivity contribution in [2.75, 3.05) is 26.7 Å². The Morgan fingerprint density at radius 3 is 1.76 bits per heavy atom. The molecule has 124 valence electrons. The van der Waals surface area contributed by atoms with Crippen molar-refractivity contribution in [1.29, 1.82) is 0 Å². The lowest BCUT2D eigenvalue weighted by atomic mass is 10.0. The smallest absolute Gasteiger partial charge is 0.146 e. The van der Waals surface area contributed by atoms with E-state index in [2.05, 4.69) is 5.32 Å². The van der Waals surface area contributed by atoms with E-state index in [0.29, 0.717) is 6.42 Å². The molecule has 0 saturated carbocycles. The molecule has 5 heteroatoms. The van der Waals surface area contributed by atoms with Gasteiger partial charge in [0.15, 0.2) is 0 Å². The predicted octanol–water partition coefficient (Wildman–Crippen LogP) is 1.84. The second-order valence-electron chi connectivity index (χ2n) is 5.03. The Labute approximate surface area is 129 Å². The van der Waals surface area contributed by atoms with Crippen molar-refractivity contribution in [2.45, 2.75) is 59.9 Å². The molecule has 0 aromatic heterocycles. The van der Waals surface area contributed by atoms with Gasteiger partial charge >= 0.3 is 0 Å². The molecule has 0 fully saturated rings. The minimum absolute atomic E-state index is 0.0203. The standard InChI is InChI=1S/C14H26N2O3.C2H6/c1-11(17)9-16(10-12(2)18)14(13(3)19)7-5-6-8-15-4;1-2/h14-15H,5-10H2,1-4H3;1-2H3. The van der Waals surface area contributed by atoms with Crippen molar-refractivity contribution in [1.82, 2.24) is 10.2 Å². The SMILES string of the molecule is CC.CNCCCCC(C(C)=O)N(CC(C)=O)CC(C)=O. The molecule has 0 amide bonds. The molecule has 0 aliphatic carbocycles. The third-order valence-electron chi connectivity index (χ3n) is 2.92. The summed E-state index contributed by atoms with van der Waals surface area (Å²) < 4.78 is 0. The van der Waals surface area contributed by atoms with E-state index in [9.17, 15) is 14.4 Å². The van der Waals surface area contributed by atoms with Crippen LogP contribution >= 0.6 is 0 Å². The molecule has 0 aliphatic rings. The van der Waals surface area contributed by atoms with Crippen molar-refractivity contribution < 1.29 is 14.4 Å². The van der Waals surface area contributed by atoms with Crippen LogP contribution in [0.2, 0.25) is 0 Å². The fraction of sp³-hybridized carbons (Fsp3) is 0.812. The monoisotopic (exact) mass is 300 g/mol. The van der Waals surface area contributed by atoms with Gasteiger partial charge < -0.3 is 5.32 Å².